The van der Waals surface area contributed by atoms with Crippen LogP contribution in [0, 0.1) is 5.41 Å². The van der Waals surface area contributed by atoms with E-state index in [2.05, 4.69) is 10.6 Å². The van der Waals surface area contributed by atoms with Gasteiger partial charge in [-0.3, -0.25) is 4.79 Å². The summed E-state index contributed by atoms with van der Waals surface area (Å²) in [6.45, 7) is 2.22. The zero-order valence-corrected chi connectivity index (χ0v) is 15.2. The van der Waals surface area contributed by atoms with Crippen molar-refractivity contribution in [1.82, 2.24) is 20.0 Å². The van der Waals surface area contributed by atoms with E-state index in [4.69, 9.17) is 0 Å². The van der Waals surface area contributed by atoms with Gasteiger partial charge in [-0.15, -0.1) is 0 Å². The van der Waals surface area contributed by atoms with E-state index in [9.17, 15) is 14.4 Å². The van der Waals surface area contributed by atoms with Crippen molar-refractivity contribution in [3.8, 4) is 0 Å². The maximum Gasteiger partial charge on any atom is 0.321 e. The van der Waals surface area contributed by atoms with Gasteiger partial charge in [0, 0.05) is 64.3 Å². The molecule has 2 aliphatic heterocycles. The van der Waals surface area contributed by atoms with Crippen LogP contribution in [0.25, 0.3) is 0 Å². The van der Waals surface area contributed by atoms with Crippen molar-refractivity contribution in [2.45, 2.75) is 6.42 Å². The number of anilines is 1. The standard InChI is InChI=1S/C18H25N5O3/c1-21(2)17(26)23-9-8-22(12-18(13-23)10-15(24)19-11-18)16(25)20-14-6-4-3-5-7-14/h3-7H,8-13H2,1-2H3,(H,19,24)(H,20,25). The Bertz CT molecular complexity index is 693. The number of hydrogen-bond acceptors (Lipinski definition) is 3. The quantitative estimate of drug-likeness (QED) is 0.785. The molecule has 3 rings (SSSR count). The summed E-state index contributed by atoms with van der Waals surface area (Å²) in [5.41, 5.74) is 0.269. The van der Waals surface area contributed by atoms with E-state index in [1.807, 2.05) is 30.3 Å². The summed E-state index contributed by atoms with van der Waals surface area (Å²) in [5.74, 6) is -0.0347. The molecular weight excluding hydrogens is 334 g/mol. The summed E-state index contributed by atoms with van der Waals surface area (Å²) in [7, 11) is 3.41. The minimum absolute atomic E-state index is 0.0347. The Morgan fingerprint density at radius 3 is 2.38 bits per heavy atom. The molecule has 2 fully saturated rings. The third-order valence-corrected chi connectivity index (χ3v) is 4.85. The van der Waals surface area contributed by atoms with Crippen LogP contribution in [0.2, 0.25) is 0 Å². The van der Waals surface area contributed by atoms with Crippen LogP contribution in [0.4, 0.5) is 15.3 Å². The number of urea groups is 2. The van der Waals surface area contributed by atoms with E-state index in [1.54, 1.807) is 23.9 Å². The number of hydrogen-bond donors (Lipinski definition) is 2. The Morgan fingerprint density at radius 2 is 1.77 bits per heavy atom. The van der Waals surface area contributed by atoms with Crippen molar-refractivity contribution in [1.29, 1.82) is 0 Å². The predicted molar refractivity (Wildman–Crippen MR) is 97.7 cm³/mol. The molecule has 26 heavy (non-hydrogen) atoms. The molecule has 140 valence electrons. The summed E-state index contributed by atoms with van der Waals surface area (Å²) in [4.78, 5) is 42.0. The van der Waals surface area contributed by atoms with Crippen LogP contribution in [-0.4, -0.2) is 79.5 Å². The maximum absolute atomic E-state index is 12.7. The minimum atomic E-state index is -0.451. The molecule has 2 saturated heterocycles. The van der Waals surface area contributed by atoms with Gasteiger partial charge in [-0.25, -0.2) is 9.59 Å². The molecule has 5 amide bonds. The molecule has 8 nitrogen and oxygen atoms in total. The predicted octanol–water partition coefficient (Wildman–Crippen LogP) is 1.02. The molecule has 1 aromatic carbocycles. The second-order valence-corrected chi connectivity index (χ2v) is 7.27. The third-order valence-electron chi connectivity index (χ3n) is 4.85. The highest BCUT2D eigenvalue weighted by Gasteiger charge is 2.45. The molecule has 0 aromatic heterocycles. The lowest BCUT2D eigenvalue weighted by Gasteiger charge is -2.33. The Balaban J connectivity index is 1.78. The van der Waals surface area contributed by atoms with Crippen molar-refractivity contribution in [2.75, 3.05) is 52.1 Å². The van der Waals surface area contributed by atoms with Gasteiger partial charge in [-0.1, -0.05) is 18.2 Å². The minimum Gasteiger partial charge on any atom is -0.355 e. The third kappa shape index (κ3) is 3.89. The molecule has 0 aliphatic carbocycles. The molecule has 2 heterocycles. The van der Waals surface area contributed by atoms with Crippen molar-refractivity contribution < 1.29 is 14.4 Å². The highest BCUT2D eigenvalue weighted by atomic mass is 16.2. The van der Waals surface area contributed by atoms with Crippen LogP contribution in [0.1, 0.15) is 6.42 Å². The average Bonchev–Trinajstić information content (AvgIpc) is 2.86. The van der Waals surface area contributed by atoms with Crippen LogP contribution in [0.5, 0.6) is 0 Å². The monoisotopic (exact) mass is 359 g/mol. The summed E-state index contributed by atoms with van der Waals surface area (Å²) < 4.78 is 0. The van der Waals surface area contributed by atoms with Gasteiger partial charge in [0.05, 0.1) is 0 Å². The van der Waals surface area contributed by atoms with E-state index in [0.29, 0.717) is 39.1 Å². The second-order valence-electron chi connectivity index (χ2n) is 7.27. The van der Waals surface area contributed by atoms with Gasteiger partial charge in [-0.2, -0.15) is 0 Å². The smallest absolute Gasteiger partial charge is 0.321 e. The van der Waals surface area contributed by atoms with E-state index in [0.717, 1.165) is 5.69 Å². The molecule has 0 saturated carbocycles. The van der Waals surface area contributed by atoms with E-state index >= 15 is 0 Å². The first kappa shape index (κ1) is 18.0. The van der Waals surface area contributed by atoms with Gasteiger partial charge < -0.3 is 25.3 Å². The highest BCUT2D eigenvalue weighted by Crippen LogP contribution is 2.31. The topological polar surface area (TPSA) is 85.0 Å². The fourth-order valence-corrected chi connectivity index (χ4v) is 3.58. The summed E-state index contributed by atoms with van der Waals surface area (Å²) in [5, 5.41) is 5.75. The van der Waals surface area contributed by atoms with Gasteiger partial charge in [-0.05, 0) is 12.1 Å². The lowest BCUT2D eigenvalue weighted by atomic mass is 9.86. The Morgan fingerprint density at radius 1 is 1.12 bits per heavy atom. The summed E-state index contributed by atoms with van der Waals surface area (Å²) in [6.07, 6.45) is 0.319. The SMILES string of the molecule is CN(C)C(=O)N1CCN(C(=O)Nc2ccccc2)CC2(CNC(=O)C2)C1. The molecule has 1 atom stereocenters. The first-order chi connectivity index (χ1) is 12.4. The number of amides is 5. The van der Waals surface area contributed by atoms with Crippen molar-refractivity contribution in [3.63, 3.8) is 0 Å². The molecule has 1 spiro atoms. The largest absolute Gasteiger partial charge is 0.355 e. The summed E-state index contributed by atoms with van der Waals surface area (Å²) >= 11 is 0. The molecular formula is C18H25N5O3. The molecule has 1 unspecified atom stereocenters. The van der Waals surface area contributed by atoms with E-state index in [1.165, 1.54) is 4.90 Å². The number of carbonyl (C=O) groups excluding carboxylic acids is 3. The molecule has 2 aliphatic rings. The maximum atomic E-state index is 12.7. The number of para-hydroxylation sites is 1. The van der Waals surface area contributed by atoms with Gasteiger partial charge >= 0.3 is 12.1 Å². The van der Waals surface area contributed by atoms with Gasteiger partial charge in [0.1, 0.15) is 0 Å². The zero-order valence-electron chi connectivity index (χ0n) is 15.2. The lowest BCUT2D eigenvalue weighted by molar-refractivity contribution is -0.119. The second kappa shape index (κ2) is 7.23. The first-order valence-corrected chi connectivity index (χ1v) is 8.72. The van der Waals surface area contributed by atoms with Crippen molar-refractivity contribution in [2.24, 2.45) is 5.41 Å². The zero-order chi connectivity index (χ0) is 18.7. The van der Waals surface area contributed by atoms with Gasteiger partial charge in [0.2, 0.25) is 5.91 Å². The van der Waals surface area contributed by atoms with Crippen molar-refractivity contribution >= 4 is 23.7 Å². The van der Waals surface area contributed by atoms with Crippen LogP contribution in [-0.2, 0) is 4.79 Å². The highest BCUT2D eigenvalue weighted by molar-refractivity contribution is 5.89. The van der Waals surface area contributed by atoms with Gasteiger partial charge in [0.15, 0.2) is 0 Å². The molecule has 0 radical (unpaired) electrons. The Kier molecular flexibility index (Phi) is 5.01. The molecule has 1 aromatic rings. The molecule has 2 N–H and O–H groups in total. The van der Waals surface area contributed by atoms with Crippen LogP contribution in [0.3, 0.4) is 0 Å². The van der Waals surface area contributed by atoms with E-state index in [-0.39, 0.29) is 18.0 Å². The van der Waals surface area contributed by atoms with Crippen LogP contribution >= 0.6 is 0 Å². The molecule has 8 heteroatoms. The van der Waals surface area contributed by atoms with Gasteiger partial charge in [0.25, 0.3) is 0 Å². The number of nitrogens with zero attached hydrogens (tertiary/aromatic N) is 3. The van der Waals surface area contributed by atoms with Crippen LogP contribution in [0.15, 0.2) is 30.3 Å². The number of carbonyl (C=O) groups is 3. The fourth-order valence-electron chi connectivity index (χ4n) is 3.58. The van der Waals surface area contributed by atoms with Crippen LogP contribution < -0.4 is 10.6 Å². The number of benzene rings is 1. The molecule has 0 bridgehead atoms. The Hall–Kier alpha value is -2.77. The first-order valence-electron chi connectivity index (χ1n) is 8.72. The number of rotatable bonds is 1. The van der Waals surface area contributed by atoms with E-state index < -0.39 is 5.41 Å². The average molecular weight is 359 g/mol. The Labute approximate surface area is 153 Å². The van der Waals surface area contributed by atoms with Crippen molar-refractivity contribution in [3.05, 3.63) is 30.3 Å². The lowest BCUT2D eigenvalue weighted by Crippen LogP contribution is -2.47. The normalized spacial score (nSPS) is 22.8. The number of nitrogens with one attached hydrogen (secondary N) is 2. The fraction of sp³-hybridized carbons (Fsp3) is 0.500. The summed E-state index contributed by atoms with van der Waals surface area (Å²) in [6, 6.07) is 8.94.